The topological polar surface area (TPSA) is 84.8 Å². The summed E-state index contributed by atoms with van der Waals surface area (Å²) in [6.45, 7) is 1.18. The minimum Gasteiger partial charge on any atom is -0.364 e. The molecular formula is C23H24F3N7O. The number of hydrogen-bond donors (Lipinski definition) is 1. The lowest BCUT2D eigenvalue weighted by Crippen LogP contribution is -2.53. The number of nitrogens with one attached hydrogen (secondary N) is 1. The van der Waals surface area contributed by atoms with Gasteiger partial charge in [0.15, 0.2) is 17.1 Å². The van der Waals surface area contributed by atoms with Gasteiger partial charge in [-0.1, -0.05) is 6.07 Å². The number of piperidine rings is 1. The predicted molar refractivity (Wildman–Crippen MR) is 119 cm³/mol. The van der Waals surface area contributed by atoms with Crippen molar-refractivity contribution in [2.45, 2.75) is 24.6 Å². The molecule has 0 aromatic carbocycles. The minimum absolute atomic E-state index is 0.00137. The molecule has 4 aromatic rings. The van der Waals surface area contributed by atoms with E-state index in [2.05, 4.69) is 25.0 Å². The fraction of sp³-hybridized carbons (Fsp3) is 0.391. The minimum atomic E-state index is -4.58. The van der Waals surface area contributed by atoms with Gasteiger partial charge in [-0.2, -0.15) is 18.3 Å². The standard InChI is InChI=1S/C23H24F3N7O/c1-32-9-6-16(7-10-32)22(34-2,23(24,25)26)17-3-4-19(28-12-17)33-13-15(11-31-33)18-5-8-27-21-20(18)29-14-30-21/h3-5,8,11-14,16H,6-7,9-10H2,1-2H3,(H,27,29,30). The van der Waals surface area contributed by atoms with E-state index >= 15 is 0 Å². The molecule has 1 aliphatic heterocycles. The predicted octanol–water partition coefficient (Wildman–Crippen LogP) is 3.95. The summed E-state index contributed by atoms with van der Waals surface area (Å²) in [7, 11) is 3.04. The summed E-state index contributed by atoms with van der Waals surface area (Å²) in [6.07, 6.45) is 4.12. The number of aromatic amines is 1. The summed E-state index contributed by atoms with van der Waals surface area (Å²) in [6, 6.07) is 4.83. The number of methoxy groups -OCH3 is 1. The number of pyridine rings is 2. The van der Waals surface area contributed by atoms with E-state index in [1.54, 1.807) is 31.0 Å². The Kier molecular flexibility index (Phi) is 5.61. The highest BCUT2D eigenvalue weighted by molar-refractivity contribution is 5.88. The van der Waals surface area contributed by atoms with Gasteiger partial charge in [0, 0.05) is 48.3 Å². The van der Waals surface area contributed by atoms with E-state index in [0.717, 1.165) is 23.8 Å². The fourth-order valence-corrected chi connectivity index (χ4v) is 4.86. The summed E-state index contributed by atoms with van der Waals surface area (Å²) in [4.78, 5) is 17.8. The molecule has 0 saturated carbocycles. The maximum atomic E-state index is 14.5. The Balaban J connectivity index is 1.47. The zero-order valence-electron chi connectivity index (χ0n) is 18.8. The van der Waals surface area contributed by atoms with Crippen molar-refractivity contribution in [3.8, 4) is 16.9 Å². The van der Waals surface area contributed by atoms with Crippen molar-refractivity contribution in [1.29, 1.82) is 0 Å². The van der Waals surface area contributed by atoms with Gasteiger partial charge in [0.2, 0.25) is 0 Å². The second-order valence-electron chi connectivity index (χ2n) is 8.55. The third kappa shape index (κ3) is 3.64. The molecule has 0 radical (unpaired) electrons. The first-order valence-corrected chi connectivity index (χ1v) is 10.9. The zero-order chi connectivity index (χ0) is 23.9. The number of nitrogens with zero attached hydrogens (tertiary/aromatic N) is 6. The monoisotopic (exact) mass is 471 g/mol. The van der Waals surface area contributed by atoms with E-state index in [1.165, 1.54) is 16.9 Å². The Morgan fingerprint density at radius 2 is 1.85 bits per heavy atom. The van der Waals surface area contributed by atoms with Crippen molar-refractivity contribution in [3.63, 3.8) is 0 Å². The highest BCUT2D eigenvalue weighted by Crippen LogP contribution is 2.50. The number of H-pyrrole nitrogens is 1. The van der Waals surface area contributed by atoms with Gasteiger partial charge in [-0.25, -0.2) is 19.6 Å². The van der Waals surface area contributed by atoms with Crippen molar-refractivity contribution in [2.75, 3.05) is 27.2 Å². The van der Waals surface area contributed by atoms with Crippen LogP contribution in [0.25, 0.3) is 28.1 Å². The molecule has 1 saturated heterocycles. The molecule has 0 bridgehead atoms. The molecule has 1 N–H and O–H groups in total. The van der Waals surface area contributed by atoms with Crippen LogP contribution >= 0.6 is 0 Å². The van der Waals surface area contributed by atoms with Crippen LogP contribution < -0.4 is 0 Å². The normalized spacial score (nSPS) is 17.8. The van der Waals surface area contributed by atoms with E-state index in [0.29, 0.717) is 37.4 Å². The van der Waals surface area contributed by atoms with Crippen LogP contribution in [0.15, 0.2) is 49.3 Å². The van der Waals surface area contributed by atoms with E-state index < -0.39 is 17.7 Å². The second-order valence-corrected chi connectivity index (χ2v) is 8.55. The molecule has 5 heterocycles. The Labute approximate surface area is 193 Å². The molecule has 5 rings (SSSR count). The first kappa shape index (κ1) is 22.5. The van der Waals surface area contributed by atoms with Gasteiger partial charge in [-0.3, -0.25) is 0 Å². The molecule has 0 aliphatic carbocycles. The van der Waals surface area contributed by atoms with Crippen LogP contribution in [0.1, 0.15) is 18.4 Å². The summed E-state index contributed by atoms with van der Waals surface area (Å²) < 4.78 is 50.2. The van der Waals surface area contributed by atoms with Gasteiger partial charge < -0.3 is 14.6 Å². The van der Waals surface area contributed by atoms with E-state index in [1.807, 2.05) is 18.0 Å². The summed E-state index contributed by atoms with van der Waals surface area (Å²) in [5.74, 6) is -0.290. The van der Waals surface area contributed by atoms with Crippen LogP contribution in [-0.4, -0.2) is 68.0 Å². The van der Waals surface area contributed by atoms with Gasteiger partial charge >= 0.3 is 6.18 Å². The quantitative estimate of drug-likeness (QED) is 0.475. The maximum Gasteiger partial charge on any atom is 0.422 e. The van der Waals surface area contributed by atoms with Gasteiger partial charge in [0.05, 0.1) is 18.0 Å². The van der Waals surface area contributed by atoms with Crippen LogP contribution in [-0.2, 0) is 10.3 Å². The number of ether oxygens (including phenoxy) is 1. The van der Waals surface area contributed by atoms with Crippen molar-refractivity contribution >= 4 is 11.2 Å². The van der Waals surface area contributed by atoms with Crippen molar-refractivity contribution in [3.05, 3.63) is 54.9 Å². The van der Waals surface area contributed by atoms with Crippen molar-refractivity contribution in [2.24, 2.45) is 5.92 Å². The number of aromatic nitrogens is 6. The molecule has 1 unspecified atom stereocenters. The lowest BCUT2D eigenvalue weighted by Gasteiger charge is -2.44. The summed E-state index contributed by atoms with van der Waals surface area (Å²) in [5.41, 5.74) is 0.626. The molecule has 4 aromatic heterocycles. The van der Waals surface area contributed by atoms with Gasteiger partial charge in [0.25, 0.3) is 0 Å². The average molecular weight is 471 g/mol. The van der Waals surface area contributed by atoms with Crippen LogP contribution in [0.4, 0.5) is 13.2 Å². The molecule has 8 nitrogen and oxygen atoms in total. The van der Waals surface area contributed by atoms with E-state index in [9.17, 15) is 13.2 Å². The smallest absolute Gasteiger partial charge is 0.364 e. The second kappa shape index (κ2) is 8.48. The molecule has 1 aliphatic rings. The van der Waals surface area contributed by atoms with Gasteiger partial charge in [-0.05, 0) is 45.1 Å². The van der Waals surface area contributed by atoms with E-state index in [4.69, 9.17) is 4.74 Å². The number of rotatable bonds is 5. The Hall–Kier alpha value is -3.31. The number of alkyl halides is 3. The maximum absolute atomic E-state index is 14.5. The van der Waals surface area contributed by atoms with Crippen LogP contribution in [0.3, 0.4) is 0 Å². The fourth-order valence-electron chi connectivity index (χ4n) is 4.86. The van der Waals surface area contributed by atoms with Crippen LogP contribution in [0.5, 0.6) is 0 Å². The van der Waals surface area contributed by atoms with Gasteiger partial charge in [-0.15, -0.1) is 0 Å². The summed E-state index contributed by atoms with van der Waals surface area (Å²) in [5, 5.41) is 4.35. The average Bonchev–Trinajstić information content (AvgIpc) is 3.50. The SMILES string of the molecule is COC(c1ccc(-n2cc(-c3ccnc4nc[nH]c34)cn2)nc1)(C1CCN(C)CC1)C(F)(F)F. The van der Waals surface area contributed by atoms with Crippen LogP contribution in [0, 0.1) is 5.92 Å². The number of halogens is 3. The molecule has 178 valence electrons. The van der Waals surface area contributed by atoms with Crippen molar-refractivity contribution < 1.29 is 17.9 Å². The zero-order valence-corrected chi connectivity index (χ0v) is 18.8. The van der Waals surface area contributed by atoms with Crippen molar-refractivity contribution in [1.82, 2.24) is 34.6 Å². The van der Waals surface area contributed by atoms with E-state index in [-0.39, 0.29) is 5.56 Å². The Morgan fingerprint density at radius 1 is 1.06 bits per heavy atom. The number of fused-ring (bicyclic) bond motifs is 1. The molecule has 11 heteroatoms. The number of likely N-dealkylation sites (tertiary alicyclic amines) is 1. The molecule has 0 amide bonds. The number of hydrogen-bond acceptors (Lipinski definition) is 6. The summed E-state index contributed by atoms with van der Waals surface area (Å²) >= 11 is 0. The van der Waals surface area contributed by atoms with Gasteiger partial charge in [0.1, 0.15) is 0 Å². The third-order valence-electron chi connectivity index (χ3n) is 6.67. The highest BCUT2D eigenvalue weighted by atomic mass is 19.4. The lowest BCUT2D eigenvalue weighted by molar-refractivity contribution is -0.300. The number of imidazole rings is 1. The first-order valence-electron chi connectivity index (χ1n) is 10.9. The molecule has 0 spiro atoms. The Bertz CT molecular complexity index is 1280. The molecular weight excluding hydrogens is 447 g/mol. The lowest BCUT2D eigenvalue weighted by atomic mass is 9.75. The molecule has 34 heavy (non-hydrogen) atoms. The highest BCUT2D eigenvalue weighted by Gasteiger charge is 2.61. The largest absolute Gasteiger partial charge is 0.422 e. The third-order valence-corrected chi connectivity index (χ3v) is 6.67. The first-order chi connectivity index (χ1) is 16.3. The Morgan fingerprint density at radius 3 is 2.53 bits per heavy atom. The van der Waals surface area contributed by atoms with Crippen LogP contribution in [0.2, 0.25) is 0 Å². The molecule has 1 atom stereocenters. The molecule has 1 fully saturated rings.